The Morgan fingerprint density at radius 1 is 1.69 bits per heavy atom. The molecule has 1 aromatic rings. The van der Waals surface area contributed by atoms with Gasteiger partial charge in [0, 0.05) is 11.4 Å². The maximum Gasteiger partial charge on any atom is 1.00 e. The van der Waals surface area contributed by atoms with E-state index in [1.807, 2.05) is 0 Å². The fourth-order valence-electron chi connectivity index (χ4n) is 0.645. The van der Waals surface area contributed by atoms with Crippen LogP contribution in [0.3, 0.4) is 0 Å². The average Bonchev–Trinajstić information content (AvgIpc) is 2.03. The van der Waals surface area contributed by atoms with E-state index in [0.29, 0.717) is 0 Å². The molecular formula is C6H6N3NaO2S. The van der Waals surface area contributed by atoms with E-state index in [4.69, 9.17) is 5.73 Å². The van der Waals surface area contributed by atoms with Gasteiger partial charge < -0.3 is 23.1 Å². The van der Waals surface area contributed by atoms with Crippen LogP contribution in [0.2, 0.25) is 0 Å². The SMILES string of the molecule is COC(=O)c1cnc([S-])nc1N.[Na+]. The Morgan fingerprint density at radius 2 is 2.31 bits per heavy atom. The number of ether oxygens (including phenoxy) is 1. The molecule has 0 aliphatic rings. The smallest absolute Gasteiger partial charge is 0.740 e. The summed E-state index contributed by atoms with van der Waals surface area (Å²) in [7, 11) is 1.25. The maximum absolute atomic E-state index is 10.9. The van der Waals surface area contributed by atoms with Crippen LogP contribution < -0.4 is 35.3 Å². The van der Waals surface area contributed by atoms with E-state index in [1.54, 1.807) is 0 Å². The molecule has 7 heteroatoms. The Hall–Kier alpha value is -0.430. The van der Waals surface area contributed by atoms with Crippen molar-refractivity contribution in [2.24, 2.45) is 0 Å². The molecule has 0 fully saturated rings. The minimum absolute atomic E-state index is 0. The number of nitrogen functional groups attached to an aromatic ring is 1. The molecule has 0 atom stereocenters. The van der Waals surface area contributed by atoms with Crippen molar-refractivity contribution in [2.75, 3.05) is 12.8 Å². The maximum atomic E-state index is 10.9. The van der Waals surface area contributed by atoms with Gasteiger partial charge >= 0.3 is 35.5 Å². The molecule has 0 aromatic carbocycles. The Balaban J connectivity index is 0.00000144. The van der Waals surface area contributed by atoms with Gasteiger partial charge in [-0.05, 0) is 0 Å². The molecule has 0 saturated carbocycles. The molecule has 1 heterocycles. The second-order valence-corrected chi connectivity index (χ2v) is 2.31. The van der Waals surface area contributed by atoms with E-state index >= 15 is 0 Å². The Kier molecular flexibility index (Phi) is 5.16. The van der Waals surface area contributed by atoms with Crippen LogP contribution in [0.5, 0.6) is 0 Å². The van der Waals surface area contributed by atoms with Gasteiger partial charge in [0.2, 0.25) is 0 Å². The summed E-state index contributed by atoms with van der Waals surface area (Å²) >= 11 is 4.63. The summed E-state index contributed by atoms with van der Waals surface area (Å²) in [4.78, 5) is 18.2. The zero-order valence-electron chi connectivity index (χ0n) is 7.27. The minimum atomic E-state index is -0.567. The van der Waals surface area contributed by atoms with Gasteiger partial charge in [-0.1, -0.05) is 0 Å². The zero-order chi connectivity index (χ0) is 9.14. The second-order valence-electron chi connectivity index (χ2n) is 1.94. The quantitative estimate of drug-likeness (QED) is 0.225. The molecule has 1 aromatic heterocycles. The standard InChI is InChI=1S/C6H7N3O2S.Na/c1-11-5(10)3-2-8-6(12)9-4(3)7;/h2H,1H3,(H3,7,8,9,12);/q;+1/p-1. The van der Waals surface area contributed by atoms with Crippen molar-refractivity contribution in [3.63, 3.8) is 0 Å². The number of nitrogens with two attached hydrogens (primary N) is 1. The third-order valence-electron chi connectivity index (χ3n) is 1.20. The van der Waals surface area contributed by atoms with Crippen molar-refractivity contribution in [1.29, 1.82) is 0 Å². The molecule has 64 valence electrons. The second kappa shape index (κ2) is 5.33. The minimum Gasteiger partial charge on any atom is -0.740 e. The van der Waals surface area contributed by atoms with Crippen LogP contribution in [0.15, 0.2) is 11.4 Å². The number of nitrogens with zero attached hydrogens (tertiary/aromatic N) is 2. The van der Waals surface area contributed by atoms with E-state index < -0.39 is 5.97 Å². The fraction of sp³-hybridized carbons (Fsp3) is 0.167. The first-order chi connectivity index (χ1) is 5.65. The van der Waals surface area contributed by atoms with Crippen LogP contribution in [0.4, 0.5) is 5.82 Å². The number of hydrogen-bond donors (Lipinski definition) is 1. The van der Waals surface area contributed by atoms with Crippen molar-refractivity contribution >= 4 is 24.4 Å². The van der Waals surface area contributed by atoms with Gasteiger partial charge in [0.05, 0.1) is 7.11 Å². The van der Waals surface area contributed by atoms with E-state index in [2.05, 4.69) is 27.3 Å². The van der Waals surface area contributed by atoms with Crippen molar-refractivity contribution in [2.45, 2.75) is 5.16 Å². The molecule has 13 heavy (non-hydrogen) atoms. The topological polar surface area (TPSA) is 78.1 Å². The van der Waals surface area contributed by atoms with Gasteiger partial charge in [-0.25, -0.2) is 9.78 Å². The fourth-order valence-corrected chi connectivity index (χ4v) is 0.796. The molecule has 0 aliphatic carbocycles. The number of carbonyl (C=O) groups is 1. The molecule has 0 bridgehead atoms. The number of methoxy groups -OCH3 is 1. The van der Waals surface area contributed by atoms with Crippen molar-refractivity contribution in [3.8, 4) is 0 Å². The normalized spacial score (nSPS) is 8.69. The molecule has 0 amide bonds. The first-order valence-electron chi connectivity index (χ1n) is 3.03. The molecule has 0 saturated heterocycles. The monoisotopic (exact) mass is 207 g/mol. The molecule has 5 nitrogen and oxygen atoms in total. The first-order valence-corrected chi connectivity index (χ1v) is 3.44. The van der Waals surface area contributed by atoms with Crippen LogP contribution >= 0.6 is 0 Å². The largest absolute Gasteiger partial charge is 1.00 e. The summed E-state index contributed by atoms with van der Waals surface area (Å²) in [6.07, 6.45) is 1.25. The van der Waals surface area contributed by atoms with Crippen LogP contribution in [0, 0.1) is 0 Å². The van der Waals surface area contributed by atoms with Gasteiger partial charge in [0.15, 0.2) is 0 Å². The Labute approximate surface area is 103 Å². The summed E-state index contributed by atoms with van der Waals surface area (Å²) in [5, 5.41) is 0.111. The molecular weight excluding hydrogens is 201 g/mol. The van der Waals surface area contributed by atoms with Gasteiger partial charge in [-0.3, -0.25) is 4.98 Å². The molecule has 0 spiro atoms. The molecule has 2 N–H and O–H groups in total. The molecule has 1 rings (SSSR count). The molecule has 0 aliphatic heterocycles. The summed E-state index contributed by atoms with van der Waals surface area (Å²) in [5.74, 6) is -0.524. The van der Waals surface area contributed by atoms with Gasteiger partial charge in [-0.15, -0.1) is 0 Å². The summed E-state index contributed by atoms with van der Waals surface area (Å²) < 4.78 is 4.42. The number of carbonyl (C=O) groups excluding carboxylic acids is 1. The number of rotatable bonds is 1. The van der Waals surface area contributed by atoms with E-state index in [-0.39, 0.29) is 46.1 Å². The van der Waals surface area contributed by atoms with Crippen molar-refractivity contribution in [1.82, 2.24) is 9.97 Å². The van der Waals surface area contributed by atoms with Gasteiger partial charge in [0.1, 0.15) is 11.4 Å². The van der Waals surface area contributed by atoms with E-state index in [1.165, 1.54) is 13.3 Å². The Bertz CT molecular complexity index is 321. The molecule has 0 radical (unpaired) electrons. The van der Waals surface area contributed by atoms with E-state index in [0.717, 1.165) is 0 Å². The Morgan fingerprint density at radius 3 is 2.77 bits per heavy atom. The number of esters is 1. The predicted molar refractivity (Wildman–Crippen MR) is 43.4 cm³/mol. The van der Waals surface area contributed by atoms with Crippen LogP contribution in [0.1, 0.15) is 10.4 Å². The predicted octanol–water partition coefficient (Wildman–Crippen LogP) is -3.24. The zero-order valence-corrected chi connectivity index (χ0v) is 10.1. The third kappa shape index (κ3) is 3.07. The number of hydrogen-bond acceptors (Lipinski definition) is 6. The average molecular weight is 207 g/mol. The summed E-state index contributed by atoms with van der Waals surface area (Å²) in [5.41, 5.74) is 5.51. The van der Waals surface area contributed by atoms with Crippen LogP contribution in [0.25, 0.3) is 0 Å². The van der Waals surface area contributed by atoms with E-state index in [9.17, 15) is 4.79 Å². The number of aromatic nitrogens is 2. The van der Waals surface area contributed by atoms with Gasteiger partial charge in [0.25, 0.3) is 0 Å². The van der Waals surface area contributed by atoms with Crippen molar-refractivity contribution < 1.29 is 39.1 Å². The number of anilines is 1. The summed E-state index contributed by atoms with van der Waals surface area (Å²) in [6.45, 7) is 0. The van der Waals surface area contributed by atoms with Crippen LogP contribution in [-0.2, 0) is 17.4 Å². The first kappa shape index (κ1) is 12.6. The van der Waals surface area contributed by atoms with Gasteiger partial charge in [-0.2, -0.15) is 0 Å². The van der Waals surface area contributed by atoms with Crippen molar-refractivity contribution in [3.05, 3.63) is 11.8 Å². The van der Waals surface area contributed by atoms with Crippen LogP contribution in [-0.4, -0.2) is 23.0 Å². The third-order valence-corrected chi connectivity index (χ3v) is 1.40. The molecule has 0 unspecified atom stereocenters. The summed E-state index contributed by atoms with van der Waals surface area (Å²) in [6, 6.07) is 0.